The van der Waals surface area contributed by atoms with E-state index in [0.717, 1.165) is 49.4 Å². The molecule has 6 heteroatoms. The third kappa shape index (κ3) is 3.69. The van der Waals surface area contributed by atoms with Crippen molar-refractivity contribution in [1.29, 1.82) is 0 Å². The molecule has 1 saturated heterocycles. The van der Waals surface area contributed by atoms with Crippen LogP contribution in [-0.4, -0.2) is 48.0 Å². The lowest BCUT2D eigenvalue weighted by atomic mass is 9.93. The van der Waals surface area contributed by atoms with E-state index in [9.17, 15) is 4.79 Å². The van der Waals surface area contributed by atoms with Gasteiger partial charge in [0.2, 0.25) is 0 Å². The Morgan fingerprint density at radius 2 is 2.22 bits per heavy atom. The first kappa shape index (κ1) is 15.9. The lowest BCUT2D eigenvalue weighted by Crippen LogP contribution is -2.40. The van der Waals surface area contributed by atoms with Crippen molar-refractivity contribution in [1.82, 2.24) is 14.9 Å². The predicted molar refractivity (Wildman–Crippen MR) is 93.0 cm³/mol. The van der Waals surface area contributed by atoms with Crippen molar-refractivity contribution < 1.29 is 4.79 Å². The second-order valence-electron chi connectivity index (χ2n) is 6.20. The van der Waals surface area contributed by atoms with Crippen molar-refractivity contribution in [2.75, 3.05) is 32.1 Å². The van der Waals surface area contributed by atoms with E-state index >= 15 is 0 Å². The van der Waals surface area contributed by atoms with Crippen LogP contribution >= 0.6 is 11.3 Å². The maximum Gasteiger partial charge on any atom is 0.254 e. The Morgan fingerprint density at radius 1 is 1.39 bits per heavy atom. The number of amides is 1. The number of rotatable bonds is 4. The van der Waals surface area contributed by atoms with Gasteiger partial charge in [-0.3, -0.25) is 9.78 Å². The first-order valence-electron chi connectivity index (χ1n) is 7.94. The second kappa shape index (κ2) is 7.08. The summed E-state index contributed by atoms with van der Waals surface area (Å²) in [4.78, 5) is 25.4. The SMILES string of the molecule is CN(C)c1nccnc1C[C@@H]1CCCN(C(=O)c2ccsc2)C1. The van der Waals surface area contributed by atoms with E-state index in [2.05, 4.69) is 9.97 Å². The van der Waals surface area contributed by atoms with E-state index in [0.29, 0.717) is 5.92 Å². The Morgan fingerprint density at radius 3 is 2.96 bits per heavy atom. The average molecular weight is 330 g/mol. The van der Waals surface area contributed by atoms with E-state index < -0.39 is 0 Å². The summed E-state index contributed by atoms with van der Waals surface area (Å²) in [6.45, 7) is 1.66. The number of hydrogen-bond acceptors (Lipinski definition) is 5. The van der Waals surface area contributed by atoms with Crippen molar-refractivity contribution >= 4 is 23.1 Å². The van der Waals surface area contributed by atoms with E-state index in [1.165, 1.54) is 0 Å². The number of carbonyl (C=O) groups is 1. The Bertz CT molecular complexity index is 656. The fourth-order valence-corrected chi connectivity index (χ4v) is 3.77. The normalized spacial score (nSPS) is 18.0. The summed E-state index contributed by atoms with van der Waals surface area (Å²) < 4.78 is 0. The number of likely N-dealkylation sites (tertiary alicyclic amines) is 1. The van der Waals surface area contributed by atoms with Crippen LogP contribution in [0.2, 0.25) is 0 Å². The summed E-state index contributed by atoms with van der Waals surface area (Å²) in [6, 6.07) is 1.91. The van der Waals surface area contributed by atoms with Gasteiger partial charge in [0, 0.05) is 45.0 Å². The van der Waals surface area contributed by atoms with Gasteiger partial charge in [-0.1, -0.05) is 0 Å². The lowest BCUT2D eigenvalue weighted by Gasteiger charge is -2.33. The van der Waals surface area contributed by atoms with Crippen LogP contribution in [0.5, 0.6) is 0 Å². The summed E-state index contributed by atoms with van der Waals surface area (Å²) in [6.07, 6.45) is 6.54. The minimum absolute atomic E-state index is 0.155. The van der Waals surface area contributed by atoms with Crippen LogP contribution in [0.25, 0.3) is 0 Å². The molecule has 0 saturated carbocycles. The molecular formula is C17H22N4OS. The number of thiophene rings is 1. The largest absolute Gasteiger partial charge is 0.361 e. The van der Waals surface area contributed by atoms with Gasteiger partial charge in [0.05, 0.1) is 11.3 Å². The number of aromatic nitrogens is 2. The highest BCUT2D eigenvalue weighted by atomic mass is 32.1. The lowest BCUT2D eigenvalue weighted by molar-refractivity contribution is 0.0673. The molecule has 0 aromatic carbocycles. The van der Waals surface area contributed by atoms with Gasteiger partial charge in [-0.25, -0.2) is 4.98 Å². The van der Waals surface area contributed by atoms with Gasteiger partial charge >= 0.3 is 0 Å². The van der Waals surface area contributed by atoms with E-state index in [-0.39, 0.29) is 5.91 Å². The fraction of sp³-hybridized carbons (Fsp3) is 0.471. The summed E-state index contributed by atoms with van der Waals surface area (Å²) in [7, 11) is 3.97. The number of piperidine rings is 1. The maximum absolute atomic E-state index is 12.5. The summed E-state index contributed by atoms with van der Waals surface area (Å²) in [5, 5.41) is 3.89. The molecule has 1 aliphatic rings. The molecule has 0 radical (unpaired) electrons. The zero-order valence-corrected chi connectivity index (χ0v) is 14.4. The van der Waals surface area contributed by atoms with Gasteiger partial charge in [-0.15, -0.1) is 0 Å². The molecule has 0 unspecified atom stereocenters. The Labute approximate surface area is 141 Å². The Kier molecular flexibility index (Phi) is 4.91. The van der Waals surface area contributed by atoms with Gasteiger partial charge in [0.25, 0.3) is 5.91 Å². The first-order valence-corrected chi connectivity index (χ1v) is 8.88. The van der Waals surface area contributed by atoms with Crippen LogP contribution < -0.4 is 4.90 Å². The van der Waals surface area contributed by atoms with Crippen molar-refractivity contribution in [3.8, 4) is 0 Å². The number of anilines is 1. The summed E-state index contributed by atoms with van der Waals surface area (Å²) >= 11 is 1.57. The fourth-order valence-electron chi connectivity index (χ4n) is 3.14. The van der Waals surface area contributed by atoms with Crippen LogP contribution in [0.1, 0.15) is 28.9 Å². The highest BCUT2D eigenvalue weighted by Crippen LogP contribution is 2.24. The highest BCUT2D eigenvalue weighted by molar-refractivity contribution is 7.08. The molecule has 3 heterocycles. The molecule has 5 nitrogen and oxygen atoms in total. The van der Waals surface area contributed by atoms with Crippen LogP contribution in [0, 0.1) is 5.92 Å². The number of carbonyl (C=O) groups excluding carboxylic acids is 1. The molecule has 2 aromatic rings. The molecule has 1 aliphatic heterocycles. The first-order chi connectivity index (χ1) is 11.1. The maximum atomic E-state index is 12.5. The molecule has 1 atom stereocenters. The number of nitrogens with zero attached hydrogens (tertiary/aromatic N) is 4. The molecular weight excluding hydrogens is 308 g/mol. The van der Waals surface area contributed by atoms with E-state index in [1.807, 2.05) is 40.7 Å². The van der Waals surface area contributed by atoms with Crippen LogP contribution in [0.4, 0.5) is 5.82 Å². The van der Waals surface area contributed by atoms with E-state index in [4.69, 9.17) is 0 Å². The standard InChI is InChI=1S/C17H22N4OS/c1-20(2)16-15(18-6-7-19-16)10-13-4-3-8-21(11-13)17(22)14-5-9-23-12-14/h5-7,9,12-13H,3-4,8,10-11H2,1-2H3/t13-/m0/s1. The van der Waals surface area contributed by atoms with Crippen molar-refractivity contribution in [2.24, 2.45) is 5.92 Å². The van der Waals surface area contributed by atoms with Gasteiger partial charge < -0.3 is 9.80 Å². The molecule has 3 rings (SSSR count). The topological polar surface area (TPSA) is 49.3 Å². The molecule has 0 bridgehead atoms. The highest BCUT2D eigenvalue weighted by Gasteiger charge is 2.26. The molecule has 1 fully saturated rings. The molecule has 0 spiro atoms. The van der Waals surface area contributed by atoms with Gasteiger partial charge in [-0.05, 0) is 36.6 Å². The van der Waals surface area contributed by atoms with Gasteiger partial charge in [0.1, 0.15) is 5.82 Å². The predicted octanol–water partition coefficient (Wildman–Crippen LogP) is 2.70. The quantitative estimate of drug-likeness (QED) is 0.865. The monoisotopic (exact) mass is 330 g/mol. The summed E-state index contributed by atoms with van der Waals surface area (Å²) in [5.74, 6) is 1.53. The van der Waals surface area contributed by atoms with Crippen molar-refractivity contribution in [3.63, 3.8) is 0 Å². The molecule has 0 N–H and O–H groups in total. The molecule has 0 aliphatic carbocycles. The van der Waals surface area contributed by atoms with Crippen molar-refractivity contribution in [3.05, 3.63) is 40.5 Å². The molecule has 122 valence electrons. The Hall–Kier alpha value is -1.95. The molecule has 2 aromatic heterocycles. The minimum Gasteiger partial charge on any atom is -0.361 e. The smallest absolute Gasteiger partial charge is 0.254 e. The van der Waals surface area contributed by atoms with Gasteiger partial charge in [-0.2, -0.15) is 11.3 Å². The zero-order chi connectivity index (χ0) is 16.2. The number of hydrogen-bond donors (Lipinski definition) is 0. The third-order valence-corrected chi connectivity index (χ3v) is 4.92. The minimum atomic E-state index is 0.155. The second-order valence-corrected chi connectivity index (χ2v) is 6.98. The molecule has 1 amide bonds. The summed E-state index contributed by atoms with van der Waals surface area (Å²) in [5.41, 5.74) is 1.83. The van der Waals surface area contributed by atoms with Gasteiger partial charge in [0.15, 0.2) is 0 Å². The van der Waals surface area contributed by atoms with Crippen LogP contribution in [0.3, 0.4) is 0 Å². The third-order valence-electron chi connectivity index (χ3n) is 4.23. The van der Waals surface area contributed by atoms with Crippen molar-refractivity contribution in [2.45, 2.75) is 19.3 Å². The Balaban J connectivity index is 1.69. The van der Waals surface area contributed by atoms with Crippen LogP contribution in [0.15, 0.2) is 29.2 Å². The van der Waals surface area contributed by atoms with Crippen LogP contribution in [-0.2, 0) is 6.42 Å². The van der Waals surface area contributed by atoms with E-state index in [1.54, 1.807) is 23.7 Å². The zero-order valence-electron chi connectivity index (χ0n) is 13.6. The average Bonchev–Trinajstić information content (AvgIpc) is 3.09. The molecule has 23 heavy (non-hydrogen) atoms.